The first-order valence-electron chi connectivity index (χ1n) is 7.33. The number of amides is 1. The Kier molecular flexibility index (Phi) is 6.99. The molecule has 116 valence electrons. The Morgan fingerprint density at radius 2 is 2.10 bits per heavy atom. The average Bonchev–Trinajstić information content (AvgIpc) is 2.50. The van der Waals surface area contributed by atoms with Crippen molar-refractivity contribution < 1.29 is 9.18 Å². The lowest BCUT2D eigenvalue weighted by atomic mass is 10.3. The predicted molar refractivity (Wildman–Crippen MR) is 84.1 cm³/mol. The van der Waals surface area contributed by atoms with Crippen molar-refractivity contribution in [1.82, 2.24) is 15.5 Å². The highest BCUT2D eigenvalue weighted by Gasteiger charge is 2.09. The van der Waals surface area contributed by atoms with E-state index in [2.05, 4.69) is 15.5 Å². The van der Waals surface area contributed by atoms with Gasteiger partial charge in [-0.3, -0.25) is 9.69 Å². The molecule has 1 aliphatic heterocycles. The van der Waals surface area contributed by atoms with Crippen LogP contribution in [-0.4, -0.2) is 55.8 Å². The fourth-order valence-electron chi connectivity index (χ4n) is 2.19. The Balaban J connectivity index is 1.56. The van der Waals surface area contributed by atoms with Crippen LogP contribution >= 0.6 is 11.8 Å². The van der Waals surface area contributed by atoms with Gasteiger partial charge < -0.3 is 10.6 Å². The first-order chi connectivity index (χ1) is 10.3. The van der Waals surface area contributed by atoms with Gasteiger partial charge in [0, 0.05) is 56.3 Å². The summed E-state index contributed by atoms with van der Waals surface area (Å²) in [5.74, 6) is 0.413. The van der Waals surface area contributed by atoms with Crippen molar-refractivity contribution in [3.63, 3.8) is 0 Å². The molecule has 1 aliphatic rings. The number of hydrogen-bond donors (Lipinski definition) is 2. The summed E-state index contributed by atoms with van der Waals surface area (Å²) < 4.78 is 13.4. The van der Waals surface area contributed by atoms with Gasteiger partial charge in [0.15, 0.2) is 0 Å². The van der Waals surface area contributed by atoms with E-state index in [-0.39, 0.29) is 11.7 Å². The van der Waals surface area contributed by atoms with Gasteiger partial charge in [-0.25, -0.2) is 4.39 Å². The number of nitrogens with zero attached hydrogens (tertiary/aromatic N) is 1. The van der Waals surface area contributed by atoms with Crippen molar-refractivity contribution in [2.45, 2.75) is 11.3 Å². The van der Waals surface area contributed by atoms with E-state index in [0.29, 0.717) is 23.6 Å². The SMILES string of the molecule is O=C(CCSc1ccccc1F)NCCN1CCNCC1. The van der Waals surface area contributed by atoms with Crippen LogP contribution < -0.4 is 10.6 Å². The second-order valence-electron chi connectivity index (χ2n) is 4.97. The summed E-state index contributed by atoms with van der Waals surface area (Å²) in [6.07, 6.45) is 0.417. The standard InChI is InChI=1S/C15H22FN3OS/c16-13-3-1-2-4-14(13)21-12-5-15(20)18-8-11-19-9-6-17-7-10-19/h1-4,17H,5-12H2,(H,18,20). The van der Waals surface area contributed by atoms with Crippen molar-refractivity contribution in [2.75, 3.05) is 45.0 Å². The van der Waals surface area contributed by atoms with E-state index in [0.717, 1.165) is 32.7 Å². The number of rotatable bonds is 7. The van der Waals surface area contributed by atoms with Gasteiger partial charge >= 0.3 is 0 Å². The van der Waals surface area contributed by atoms with Gasteiger partial charge in [0.1, 0.15) is 5.82 Å². The smallest absolute Gasteiger partial charge is 0.220 e. The van der Waals surface area contributed by atoms with Gasteiger partial charge in [0.2, 0.25) is 5.91 Å². The van der Waals surface area contributed by atoms with Crippen molar-refractivity contribution in [3.05, 3.63) is 30.1 Å². The largest absolute Gasteiger partial charge is 0.355 e. The molecular formula is C15H22FN3OS. The molecule has 1 heterocycles. The third kappa shape index (κ3) is 6.03. The molecule has 1 saturated heterocycles. The third-order valence-corrected chi connectivity index (χ3v) is 4.43. The van der Waals surface area contributed by atoms with Gasteiger partial charge in [-0.05, 0) is 12.1 Å². The molecule has 0 aromatic heterocycles. The molecule has 2 N–H and O–H groups in total. The Labute approximate surface area is 129 Å². The average molecular weight is 311 g/mol. The first kappa shape index (κ1) is 16.3. The van der Waals surface area contributed by atoms with E-state index in [1.165, 1.54) is 17.8 Å². The molecule has 6 heteroatoms. The van der Waals surface area contributed by atoms with Crippen molar-refractivity contribution >= 4 is 17.7 Å². The number of carbonyl (C=O) groups excluding carboxylic acids is 1. The molecule has 0 atom stereocenters. The summed E-state index contributed by atoms with van der Waals surface area (Å²) in [6, 6.07) is 6.65. The highest BCUT2D eigenvalue weighted by Crippen LogP contribution is 2.21. The highest BCUT2D eigenvalue weighted by atomic mass is 32.2. The van der Waals surface area contributed by atoms with Crippen molar-refractivity contribution in [3.8, 4) is 0 Å². The summed E-state index contributed by atoms with van der Waals surface area (Å²) in [7, 11) is 0. The van der Waals surface area contributed by atoms with Crippen molar-refractivity contribution in [2.24, 2.45) is 0 Å². The summed E-state index contributed by atoms with van der Waals surface area (Å²) >= 11 is 1.38. The van der Waals surface area contributed by atoms with E-state index in [9.17, 15) is 9.18 Å². The number of carbonyl (C=O) groups is 1. The minimum absolute atomic E-state index is 0.0361. The van der Waals surface area contributed by atoms with Crippen LogP contribution in [-0.2, 0) is 4.79 Å². The first-order valence-corrected chi connectivity index (χ1v) is 8.31. The lowest BCUT2D eigenvalue weighted by Gasteiger charge is -2.27. The fraction of sp³-hybridized carbons (Fsp3) is 0.533. The number of nitrogens with one attached hydrogen (secondary N) is 2. The molecule has 0 aliphatic carbocycles. The van der Waals surface area contributed by atoms with Crippen LogP contribution in [0.3, 0.4) is 0 Å². The maximum Gasteiger partial charge on any atom is 0.220 e. The molecule has 1 fully saturated rings. The van der Waals surface area contributed by atoms with Gasteiger partial charge in [-0.1, -0.05) is 12.1 Å². The Morgan fingerprint density at radius 3 is 2.86 bits per heavy atom. The predicted octanol–water partition coefficient (Wildman–Crippen LogP) is 1.33. The second-order valence-corrected chi connectivity index (χ2v) is 6.11. The maximum atomic E-state index is 13.4. The lowest BCUT2D eigenvalue weighted by Crippen LogP contribution is -2.46. The van der Waals surface area contributed by atoms with Crippen molar-refractivity contribution in [1.29, 1.82) is 0 Å². The Morgan fingerprint density at radius 1 is 1.33 bits per heavy atom. The van der Waals surface area contributed by atoms with Crippen LogP contribution in [0.2, 0.25) is 0 Å². The van der Waals surface area contributed by atoms with E-state index in [4.69, 9.17) is 0 Å². The zero-order chi connectivity index (χ0) is 14.9. The molecule has 0 bridgehead atoms. The number of piperazine rings is 1. The number of benzene rings is 1. The Hall–Kier alpha value is -1.11. The van der Waals surface area contributed by atoms with E-state index < -0.39 is 0 Å². The van der Waals surface area contributed by atoms with E-state index in [1.54, 1.807) is 18.2 Å². The van der Waals surface area contributed by atoms with Crippen LogP contribution in [0, 0.1) is 5.82 Å². The van der Waals surface area contributed by atoms with Gasteiger partial charge in [-0.15, -0.1) is 11.8 Å². The van der Waals surface area contributed by atoms with Crippen LogP contribution in [0.15, 0.2) is 29.2 Å². The number of thioether (sulfide) groups is 1. The Bertz CT molecular complexity index is 452. The molecule has 0 radical (unpaired) electrons. The van der Waals surface area contributed by atoms with E-state index >= 15 is 0 Å². The second kappa shape index (κ2) is 9.02. The number of hydrogen-bond acceptors (Lipinski definition) is 4. The molecule has 0 unspecified atom stereocenters. The molecule has 0 spiro atoms. The van der Waals surface area contributed by atoms with E-state index in [1.807, 2.05) is 0 Å². The summed E-state index contributed by atoms with van der Waals surface area (Å²) in [5.41, 5.74) is 0. The third-order valence-electron chi connectivity index (χ3n) is 3.38. The molecule has 21 heavy (non-hydrogen) atoms. The van der Waals surface area contributed by atoms with Gasteiger partial charge in [-0.2, -0.15) is 0 Å². The summed E-state index contributed by atoms with van der Waals surface area (Å²) in [4.78, 5) is 14.7. The van der Waals surface area contributed by atoms with Gasteiger partial charge in [0.25, 0.3) is 0 Å². The zero-order valence-corrected chi connectivity index (χ0v) is 12.9. The maximum absolute atomic E-state index is 13.4. The summed E-state index contributed by atoms with van der Waals surface area (Å²) in [5, 5.41) is 6.22. The van der Waals surface area contributed by atoms with Crippen LogP contribution in [0.1, 0.15) is 6.42 Å². The highest BCUT2D eigenvalue weighted by molar-refractivity contribution is 7.99. The zero-order valence-electron chi connectivity index (χ0n) is 12.1. The monoisotopic (exact) mass is 311 g/mol. The van der Waals surface area contributed by atoms with Gasteiger partial charge in [0.05, 0.1) is 0 Å². The normalized spacial score (nSPS) is 15.9. The van der Waals surface area contributed by atoms with Crippen LogP contribution in [0.25, 0.3) is 0 Å². The topological polar surface area (TPSA) is 44.4 Å². The van der Waals surface area contributed by atoms with Crippen LogP contribution in [0.5, 0.6) is 0 Å². The molecule has 0 saturated carbocycles. The van der Waals surface area contributed by atoms with Crippen LogP contribution in [0.4, 0.5) is 4.39 Å². The molecular weight excluding hydrogens is 289 g/mol. The fourth-order valence-corrected chi connectivity index (χ4v) is 3.08. The molecule has 1 amide bonds. The summed E-state index contributed by atoms with van der Waals surface area (Å²) in [6.45, 7) is 5.70. The minimum atomic E-state index is -0.221. The molecule has 1 aromatic rings. The lowest BCUT2D eigenvalue weighted by molar-refractivity contribution is -0.120. The number of halogens is 1. The molecule has 1 aromatic carbocycles. The quantitative estimate of drug-likeness (QED) is 0.746. The molecule has 4 nitrogen and oxygen atoms in total. The molecule has 2 rings (SSSR count). The minimum Gasteiger partial charge on any atom is -0.355 e.